The zero-order chi connectivity index (χ0) is 16.9. The number of carbonyl (C=O) groups excluding carboxylic acids is 1. The third-order valence-electron chi connectivity index (χ3n) is 3.31. The number of pyridine rings is 1. The van der Waals surface area contributed by atoms with E-state index in [1.54, 1.807) is 29.1 Å². The molecule has 7 nitrogen and oxygen atoms in total. The van der Waals surface area contributed by atoms with Crippen molar-refractivity contribution < 1.29 is 14.3 Å². The van der Waals surface area contributed by atoms with Crippen LogP contribution in [0.4, 0.5) is 0 Å². The van der Waals surface area contributed by atoms with Crippen molar-refractivity contribution in [2.45, 2.75) is 6.92 Å². The van der Waals surface area contributed by atoms with Crippen LogP contribution >= 0.6 is 0 Å². The molecule has 0 amide bonds. The zero-order valence-corrected chi connectivity index (χ0v) is 13.3. The minimum absolute atomic E-state index is 0.227. The first kappa shape index (κ1) is 15.7. The van der Waals surface area contributed by atoms with Crippen LogP contribution in [0, 0.1) is 0 Å². The molecular weight excluding hydrogens is 308 g/mol. The second-order valence-electron chi connectivity index (χ2n) is 4.87. The van der Waals surface area contributed by atoms with E-state index in [1.807, 2.05) is 31.2 Å². The van der Waals surface area contributed by atoms with Crippen LogP contribution in [0.1, 0.15) is 17.4 Å². The van der Waals surface area contributed by atoms with Gasteiger partial charge in [0.25, 0.3) is 0 Å². The summed E-state index contributed by atoms with van der Waals surface area (Å²) in [5.41, 5.74) is 2.19. The fourth-order valence-electron chi connectivity index (χ4n) is 2.16. The Kier molecular flexibility index (Phi) is 4.51. The molecule has 0 fully saturated rings. The van der Waals surface area contributed by atoms with Crippen LogP contribution in [-0.2, 0) is 4.74 Å². The second-order valence-corrected chi connectivity index (χ2v) is 4.87. The smallest absolute Gasteiger partial charge is 0.356 e. The summed E-state index contributed by atoms with van der Waals surface area (Å²) in [6.45, 7) is 2.56. The number of benzene rings is 1. The molecule has 0 unspecified atom stereocenters. The van der Waals surface area contributed by atoms with Crippen LogP contribution in [-0.4, -0.2) is 39.7 Å². The van der Waals surface area contributed by atoms with Crippen LogP contribution in [0.15, 0.2) is 48.7 Å². The lowest BCUT2D eigenvalue weighted by molar-refractivity contribution is 0.0594. The van der Waals surface area contributed by atoms with Gasteiger partial charge in [0.15, 0.2) is 0 Å². The van der Waals surface area contributed by atoms with E-state index in [9.17, 15) is 4.79 Å². The molecule has 2 aromatic heterocycles. The molecule has 0 aliphatic carbocycles. The van der Waals surface area contributed by atoms with Crippen LogP contribution in [0.25, 0.3) is 17.1 Å². The quantitative estimate of drug-likeness (QED) is 0.671. The van der Waals surface area contributed by atoms with Crippen molar-refractivity contribution in [3.05, 3.63) is 54.4 Å². The van der Waals surface area contributed by atoms with Gasteiger partial charge in [-0.25, -0.2) is 14.5 Å². The van der Waals surface area contributed by atoms with E-state index in [0.29, 0.717) is 18.0 Å². The summed E-state index contributed by atoms with van der Waals surface area (Å²) in [6.07, 6.45) is 1.75. The van der Waals surface area contributed by atoms with Crippen molar-refractivity contribution >= 4 is 5.97 Å². The molecule has 7 heteroatoms. The average molecular weight is 324 g/mol. The molecule has 0 atom stereocenters. The Bertz CT molecular complexity index is 843. The predicted octanol–water partition coefficient (Wildman–Crippen LogP) is 2.51. The molecule has 3 rings (SSSR count). The Balaban J connectivity index is 1.86. The van der Waals surface area contributed by atoms with Gasteiger partial charge in [0, 0.05) is 0 Å². The number of nitrogens with zero attached hydrogens (tertiary/aromatic N) is 4. The average Bonchev–Trinajstić information content (AvgIpc) is 3.12. The van der Waals surface area contributed by atoms with E-state index in [-0.39, 0.29) is 5.69 Å². The number of esters is 1. The fraction of sp³-hybridized carbons (Fsp3) is 0.176. The van der Waals surface area contributed by atoms with Crippen molar-refractivity contribution in [1.82, 2.24) is 20.0 Å². The number of hydrogen-bond acceptors (Lipinski definition) is 6. The lowest BCUT2D eigenvalue weighted by atomic mass is 10.2. The first-order chi connectivity index (χ1) is 11.7. The summed E-state index contributed by atoms with van der Waals surface area (Å²) in [5, 5.41) is 8.22. The maximum Gasteiger partial charge on any atom is 0.356 e. The number of aromatic nitrogens is 4. The van der Waals surface area contributed by atoms with Crippen molar-refractivity contribution in [2.75, 3.05) is 13.7 Å². The van der Waals surface area contributed by atoms with Gasteiger partial charge >= 0.3 is 5.97 Å². The molecule has 3 aromatic rings. The normalized spacial score (nSPS) is 10.4. The number of carbonyl (C=O) groups is 1. The van der Waals surface area contributed by atoms with Crippen LogP contribution < -0.4 is 4.74 Å². The number of ether oxygens (including phenoxy) is 2. The van der Waals surface area contributed by atoms with E-state index < -0.39 is 5.97 Å². The highest BCUT2D eigenvalue weighted by Crippen LogP contribution is 2.18. The number of rotatable bonds is 5. The third kappa shape index (κ3) is 3.24. The van der Waals surface area contributed by atoms with Crippen molar-refractivity contribution in [1.29, 1.82) is 0 Å². The first-order valence-electron chi connectivity index (χ1n) is 7.42. The summed E-state index contributed by atoms with van der Waals surface area (Å²) in [7, 11) is 1.32. The highest BCUT2D eigenvalue weighted by Gasteiger charge is 2.11. The Hall–Kier alpha value is -3.22. The molecular formula is C17H16N4O3. The van der Waals surface area contributed by atoms with Crippen LogP contribution in [0.5, 0.6) is 5.75 Å². The standard InChI is InChI=1S/C17H16N4O3/c1-3-24-13-9-7-12(8-10-13)21-11-16(19-20-21)14-5-4-6-15(18-14)17(22)23-2/h4-11H,3H2,1-2H3. The van der Waals surface area contributed by atoms with E-state index in [2.05, 4.69) is 20.0 Å². The molecule has 122 valence electrons. The van der Waals surface area contributed by atoms with Crippen molar-refractivity contribution in [2.24, 2.45) is 0 Å². The minimum Gasteiger partial charge on any atom is -0.494 e. The summed E-state index contributed by atoms with van der Waals surface area (Å²) in [4.78, 5) is 15.8. The molecule has 0 saturated carbocycles. The molecule has 0 aliphatic rings. The third-order valence-corrected chi connectivity index (χ3v) is 3.31. The van der Waals surface area contributed by atoms with Gasteiger partial charge in [-0.05, 0) is 43.3 Å². The van der Waals surface area contributed by atoms with Gasteiger partial charge in [-0.15, -0.1) is 5.10 Å². The van der Waals surface area contributed by atoms with Crippen LogP contribution in [0.2, 0.25) is 0 Å². The summed E-state index contributed by atoms with van der Waals surface area (Å²) in [5.74, 6) is 0.310. The van der Waals surface area contributed by atoms with E-state index in [1.165, 1.54) is 7.11 Å². The topological polar surface area (TPSA) is 79.1 Å². The Morgan fingerprint density at radius 1 is 1.12 bits per heavy atom. The molecule has 0 spiro atoms. The van der Waals surface area contributed by atoms with E-state index in [4.69, 9.17) is 4.74 Å². The summed E-state index contributed by atoms with van der Waals surface area (Å²) >= 11 is 0. The van der Waals surface area contributed by atoms with Gasteiger partial charge in [0.05, 0.1) is 31.3 Å². The maximum absolute atomic E-state index is 11.6. The second kappa shape index (κ2) is 6.91. The fourth-order valence-corrected chi connectivity index (χ4v) is 2.16. The molecule has 24 heavy (non-hydrogen) atoms. The van der Waals surface area contributed by atoms with Gasteiger partial charge in [0.1, 0.15) is 17.1 Å². The molecule has 0 radical (unpaired) electrons. The van der Waals surface area contributed by atoms with E-state index in [0.717, 1.165) is 11.4 Å². The molecule has 1 aromatic carbocycles. The van der Waals surface area contributed by atoms with Gasteiger partial charge in [-0.2, -0.15) is 0 Å². The number of hydrogen-bond donors (Lipinski definition) is 0. The highest BCUT2D eigenvalue weighted by atomic mass is 16.5. The summed E-state index contributed by atoms with van der Waals surface area (Å²) in [6, 6.07) is 12.6. The minimum atomic E-state index is -0.490. The molecule has 2 heterocycles. The number of methoxy groups -OCH3 is 1. The van der Waals surface area contributed by atoms with Gasteiger partial charge in [-0.1, -0.05) is 11.3 Å². The monoisotopic (exact) mass is 324 g/mol. The van der Waals surface area contributed by atoms with E-state index >= 15 is 0 Å². The van der Waals surface area contributed by atoms with Crippen molar-refractivity contribution in [3.63, 3.8) is 0 Å². The molecule has 0 N–H and O–H groups in total. The molecule has 0 bridgehead atoms. The van der Waals surface area contributed by atoms with Gasteiger partial charge in [0.2, 0.25) is 0 Å². The Labute approximate surface area is 138 Å². The van der Waals surface area contributed by atoms with Gasteiger partial charge < -0.3 is 9.47 Å². The first-order valence-corrected chi connectivity index (χ1v) is 7.42. The van der Waals surface area contributed by atoms with Crippen molar-refractivity contribution in [3.8, 4) is 22.8 Å². The molecule has 0 aliphatic heterocycles. The van der Waals surface area contributed by atoms with Gasteiger partial charge in [-0.3, -0.25) is 0 Å². The lowest BCUT2D eigenvalue weighted by Crippen LogP contribution is -2.04. The largest absolute Gasteiger partial charge is 0.494 e. The summed E-state index contributed by atoms with van der Waals surface area (Å²) < 4.78 is 11.7. The van der Waals surface area contributed by atoms with Crippen LogP contribution in [0.3, 0.4) is 0 Å². The Morgan fingerprint density at radius 2 is 1.92 bits per heavy atom. The Morgan fingerprint density at radius 3 is 2.62 bits per heavy atom. The predicted molar refractivity (Wildman–Crippen MR) is 87.1 cm³/mol. The SMILES string of the molecule is CCOc1ccc(-n2cc(-c3cccc(C(=O)OC)n3)nn2)cc1. The molecule has 0 saturated heterocycles. The maximum atomic E-state index is 11.6. The highest BCUT2D eigenvalue weighted by molar-refractivity contribution is 5.87. The zero-order valence-electron chi connectivity index (χ0n) is 13.3. The lowest BCUT2D eigenvalue weighted by Gasteiger charge is -2.04.